The fourth-order valence-electron chi connectivity index (χ4n) is 1.86. The van der Waals surface area contributed by atoms with E-state index in [4.69, 9.17) is 5.73 Å². The third-order valence-electron chi connectivity index (χ3n) is 2.90. The number of benzene rings is 1. The number of aromatic nitrogens is 1. The van der Waals surface area contributed by atoms with Crippen LogP contribution in [-0.2, 0) is 12.8 Å². The second kappa shape index (κ2) is 6.41. The molecule has 2 N–H and O–H groups in total. The van der Waals surface area contributed by atoms with Crippen molar-refractivity contribution in [3.05, 3.63) is 56.0 Å². The zero-order valence-electron chi connectivity index (χ0n) is 11.2. The molecule has 1 aromatic heterocycles. The Morgan fingerprint density at radius 2 is 1.95 bits per heavy atom. The molecule has 118 valence electrons. The van der Waals surface area contributed by atoms with Gasteiger partial charge in [-0.15, -0.1) is 11.3 Å². The van der Waals surface area contributed by atoms with Crippen LogP contribution in [-0.4, -0.2) is 16.1 Å². The van der Waals surface area contributed by atoms with Gasteiger partial charge in [-0.05, 0) is 12.0 Å². The maximum Gasteiger partial charge on any atom is 0.395 e. The Morgan fingerprint density at radius 3 is 2.50 bits per heavy atom. The highest BCUT2D eigenvalue weighted by atomic mass is 32.1. The lowest BCUT2D eigenvalue weighted by Gasteiger charge is -2.09. The number of alkyl halides is 3. The van der Waals surface area contributed by atoms with Crippen LogP contribution in [0.5, 0.6) is 0 Å². The molecule has 0 bridgehead atoms. The van der Waals surface area contributed by atoms with Crippen molar-refractivity contribution in [2.24, 2.45) is 5.73 Å². The fourth-order valence-corrected chi connectivity index (χ4v) is 2.75. The summed E-state index contributed by atoms with van der Waals surface area (Å²) in [6, 6.07) is 5.30. The quantitative estimate of drug-likeness (QED) is 0.672. The van der Waals surface area contributed by atoms with Gasteiger partial charge >= 0.3 is 6.18 Å². The van der Waals surface area contributed by atoms with Gasteiger partial charge in [-0.1, -0.05) is 12.1 Å². The summed E-state index contributed by atoms with van der Waals surface area (Å²) in [6.45, 7) is 0. The monoisotopic (exact) mass is 331 g/mol. The standard InChI is InChI=1S/C13H12F3N3O2S/c14-13(15,16)6-12-18-11(7-22-12)10(17)5-8-1-3-9(4-2-8)19(20)21/h1-4,7,10H,5-6,17H2/t10-/m0/s1. The van der Waals surface area contributed by atoms with E-state index in [0.29, 0.717) is 12.1 Å². The van der Waals surface area contributed by atoms with Crippen molar-refractivity contribution in [1.29, 1.82) is 0 Å². The highest BCUT2D eigenvalue weighted by molar-refractivity contribution is 7.09. The Balaban J connectivity index is 2.02. The van der Waals surface area contributed by atoms with Crippen molar-refractivity contribution in [2.75, 3.05) is 0 Å². The highest BCUT2D eigenvalue weighted by Gasteiger charge is 2.29. The largest absolute Gasteiger partial charge is 0.395 e. The lowest BCUT2D eigenvalue weighted by Crippen LogP contribution is -2.15. The molecule has 2 rings (SSSR count). The van der Waals surface area contributed by atoms with Gasteiger partial charge in [0.05, 0.1) is 23.1 Å². The fraction of sp³-hybridized carbons (Fsp3) is 0.308. The second-order valence-corrected chi connectivity index (χ2v) is 5.63. The van der Waals surface area contributed by atoms with E-state index < -0.39 is 23.6 Å². The molecule has 0 spiro atoms. The number of hydrogen-bond donors (Lipinski definition) is 1. The minimum absolute atomic E-state index is 0.0263. The van der Waals surface area contributed by atoms with Gasteiger partial charge in [0.1, 0.15) is 5.01 Å². The number of non-ortho nitro benzene ring substituents is 1. The van der Waals surface area contributed by atoms with Gasteiger partial charge in [-0.25, -0.2) is 4.98 Å². The summed E-state index contributed by atoms with van der Waals surface area (Å²) in [6.07, 6.45) is -5.02. The average molecular weight is 331 g/mol. The van der Waals surface area contributed by atoms with E-state index in [0.717, 1.165) is 16.9 Å². The van der Waals surface area contributed by atoms with Crippen molar-refractivity contribution in [1.82, 2.24) is 4.98 Å². The van der Waals surface area contributed by atoms with Gasteiger partial charge in [0.15, 0.2) is 0 Å². The summed E-state index contributed by atoms with van der Waals surface area (Å²) < 4.78 is 36.8. The molecule has 9 heteroatoms. The molecule has 5 nitrogen and oxygen atoms in total. The molecule has 0 radical (unpaired) electrons. The Kier molecular flexibility index (Phi) is 4.77. The first-order valence-corrected chi connectivity index (χ1v) is 7.12. The molecular formula is C13H12F3N3O2S. The molecule has 0 fully saturated rings. The number of thiazole rings is 1. The average Bonchev–Trinajstić information content (AvgIpc) is 2.85. The predicted octanol–water partition coefficient (Wildman–Crippen LogP) is 3.40. The van der Waals surface area contributed by atoms with Crippen LogP contribution in [0.2, 0.25) is 0 Å². The number of nitro benzene ring substituents is 1. The molecule has 0 aliphatic heterocycles. The third kappa shape index (κ3) is 4.50. The summed E-state index contributed by atoms with van der Waals surface area (Å²) in [4.78, 5) is 13.9. The Hall–Kier alpha value is -2.00. The predicted molar refractivity (Wildman–Crippen MR) is 75.6 cm³/mol. The molecular weight excluding hydrogens is 319 g/mol. The highest BCUT2D eigenvalue weighted by Crippen LogP contribution is 2.26. The van der Waals surface area contributed by atoms with Crippen LogP contribution >= 0.6 is 11.3 Å². The molecule has 1 atom stereocenters. The minimum Gasteiger partial charge on any atom is -0.322 e. The molecule has 2 aromatic rings. The minimum atomic E-state index is -4.29. The normalized spacial score (nSPS) is 13.1. The van der Waals surface area contributed by atoms with Crippen LogP contribution in [0.4, 0.5) is 18.9 Å². The van der Waals surface area contributed by atoms with Crippen LogP contribution in [0.25, 0.3) is 0 Å². The first-order chi connectivity index (χ1) is 10.2. The van der Waals surface area contributed by atoms with Crippen LogP contribution in [0.3, 0.4) is 0 Å². The first kappa shape index (κ1) is 16.4. The van der Waals surface area contributed by atoms with E-state index in [1.807, 2.05) is 0 Å². The summed E-state index contributed by atoms with van der Waals surface area (Å²) in [7, 11) is 0. The third-order valence-corrected chi connectivity index (χ3v) is 3.77. The van der Waals surface area contributed by atoms with Gasteiger partial charge in [0.2, 0.25) is 0 Å². The smallest absolute Gasteiger partial charge is 0.322 e. The molecule has 0 aliphatic rings. The van der Waals surface area contributed by atoms with E-state index in [-0.39, 0.29) is 10.7 Å². The van der Waals surface area contributed by atoms with E-state index in [1.165, 1.54) is 17.5 Å². The van der Waals surface area contributed by atoms with Gasteiger partial charge < -0.3 is 5.73 Å². The lowest BCUT2D eigenvalue weighted by molar-refractivity contribution is -0.384. The molecule has 0 saturated heterocycles. The van der Waals surface area contributed by atoms with Gasteiger partial charge in [0, 0.05) is 17.5 Å². The number of nitro groups is 1. The molecule has 0 unspecified atom stereocenters. The SMILES string of the molecule is N[C@@H](Cc1ccc([N+](=O)[O-])cc1)c1csc(CC(F)(F)F)n1. The van der Waals surface area contributed by atoms with Crippen molar-refractivity contribution in [3.8, 4) is 0 Å². The maximum atomic E-state index is 12.3. The zero-order valence-corrected chi connectivity index (χ0v) is 12.0. The van der Waals surface area contributed by atoms with Crippen molar-refractivity contribution in [3.63, 3.8) is 0 Å². The maximum absolute atomic E-state index is 12.3. The Labute approximate surface area is 127 Å². The lowest BCUT2D eigenvalue weighted by atomic mass is 10.0. The molecule has 0 saturated carbocycles. The van der Waals surface area contributed by atoms with E-state index in [2.05, 4.69) is 4.98 Å². The van der Waals surface area contributed by atoms with Crippen molar-refractivity contribution in [2.45, 2.75) is 25.1 Å². The van der Waals surface area contributed by atoms with E-state index in [9.17, 15) is 23.3 Å². The van der Waals surface area contributed by atoms with Crippen LogP contribution in [0.1, 0.15) is 22.3 Å². The van der Waals surface area contributed by atoms with E-state index >= 15 is 0 Å². The molecule has 0 aliphatic carbocycles. The number of nitrogens with two attached hydrogens (primary N) is 1. The summed E-state index contributed by atoms with van der Waals surface area (Å²) in [5.74, 6) is 0. The number of hydrogen-bond acceptors (Lipinski definition) is 5. The van der Waals surface area contributed by atoms with Crippen LogP contribution in [0.15, 0.2) is 29.6 Å². The topological polar surface area (TPSA) is 82.0 Å². The van der Waals surface area contributed by atoms with Gasteiger partial charge in [0.25, 0.3) is 5.69 Å². The van der Waals surface area contributed by atoms with Gasteiger partial charge in [-0.3, -0.25) is 10.1 Å². The number of nitrogens with zero attached hydrogens (tertiary/aromatic N) is 2. The Bertz CT molecular complexity index is 655. The zero-order chi connectivity index (χ0) is 16.3. The second-order valence-electron chi connectivity index (χ2n) is 4.69. The van der Waals surface area contributed by atoms with E-state index in [1.54, 1.807) is 12.1 Å². The van der Waals surface area contributed by atoms with Crippen molar-refractivity contribution < 1.29 is 18.1 Å². The molecule has 1 heterocycles. The summed E-state index contributed by atoms with van der Waals surface area (Å²) >= 11 is 0.921. The number of rotatable bonds is 5. The summed E-state index contributed by atoms with van der Waals surface area (Å²) in [5.41, 5.74) is 7.05. The van der Waals surface area contributed by atoms with Crippen LogP contribution in [0, 0.1) is 10.1 Å². The van der Waals surface area contributed by atoms with Crippen molar-refractivity contribution >= 4 is 17.0 Å². The first-order valence-electron chi connectivity index (χ1n) is 6.24. The molecule has 0 amide bonds. The number of halogens is 3. The van der Waals surface area contributed by atoms with Gasteiger partial charge in [-0.2, -0.15) is 13.2 Å². The molecule has 1 aromatic carbocycles. The summed E-state index contributed by atoms with van der Waals surface area (Å²) in [5, 5.41) is 12.0. The molecule has 22 heavy (non-hydrogen) atoms. The Morgan fingerprint density at radius 1 is 1.32 bits per heavy atom. The van der Waals surface area contributed by atoms with Crippen LogP contribution < -0.4 is 5.73 Å².